The summed E-state index contributed by atoms with van der Waals surface area (Å²) in [6.07, 6.45) is 4.35. The largest absolute Gasteiger partial charge is 0.345 e. The van der Waals surface area contributed by atoms with E-state index in [1.165, 1.54) is 16.3 Å². The quantitative estimate of drug-likeness (QED) is 0.737. The highest BCUT2D eigenvalue weighted by Crippen LogP contribution is 2.23. The lowest BCUT2D eigenvalue weighted by Crippen LogP contribution is -2.27. The van der Waals surface area contributed by atoms with Crippen LogP contribution in [0.25, 0.3) is 10.8 Å². The molecule has 142 valence electrons. The highest BCUT2D eigenvalue weighted by molar-refractivity contribution is 5.86. The Morgan fingerprint density at radius 3 is 2.67 bits per heavy atom. The second-order valence-electron chi connectivity index (χ2n) is 7.94. The molecule has 2 N–H and O–H groups in total. The van der Waals surface area contributed by atoms with E-state index in [9.17, 15) is 4.79 Å². The Morgan fingerprint density at radius 1 is 1.15 bits per heavy atom. The van der Waals surface area contributed by atoms with Crippen molar-refractivity contribution in [1.29, 1.82) is 0 Å². The van der Waals surface area contributed by atoms with Crippen molar-refractivity contribution in [3.63, 3.8) is 0 Å². The van der Waals surface area contributed by atoms with Crippen molar-refractivity contribution in [3.8, 4) is 11.8 Å². The Hall–Kier alpha value is -2.57. The normalized spacial score (nSPS) is 12.6. The maximum absolute atomic E-state index is 11.7. The van der Waals surface area contributed by atoms with E-state index >= 15 is 0 Å². The van der Waals surface area contributed by atoms with E-state index < -0.39 is 0 Å². The highest BCUT2D eigenvalue weighted by Gasteiger charge is 2.14. The third-order valence-corrected chi connectivity index (χ3v) is 4.20. The van der Waals surface area contributed by atoms with Crippen LogP contribution in [0.15, 0.2) is 54.6 Å². The third-order valence-electron chi connectivity index (χ3n) is 4.20. The molecule has 0 saturated carbocycles. The van der Waals surface area contributed by atoms with Gasteiger partial charge in [-0.2, -0.15) is 0 Å². The summed E-state index contributed by atoms with van der Waals surface area (Å²) in [4.78, 5) is 11.7. The van der Waals surface area contributed by atoms with Crippen molar-refractivity contribution in [2.24, 2.45) is 5.41 Å². The summed E-state index contributed by atoms with van der Waals surface area (Å²) >= 11 is 0. The molecule has 27 heavy (non-hydrogen) atoms. The van der Waals surface area contributed by atoms with Crippen LogP contribution in [0.2, 0.25) is 0 Å². The van der Waals surface area contributed by atoms with Gasteiger partial charge in [0.25, 0.3) is 0 Å². The van der Waals surface area contributed by atoms with Gasteiger partial charge in [0.05, 0.1) is 6.54 Å². The summed E-state index contributed by atoms with van der Waals surface area (Å²) in [5, 5.41) is 8.88. The van der Waals surface area contributed by atoms with E-state index in [4.69, 9.17) is 0 Å². The molecule has 1 amide bonds. The molecule has 0 aliphatic heterocycles. The summed E-state index contributed by atoms with van der Waals surface area (Å²) in [7, 11) is 0. The van der Waals surface area contributed by atoms with E-state index in [2.05, 4.69) is 71.9 Å². The van der Waals surface area contributed by atoms with Gasteiger partial charge in [-0.1, -0.05) is 81.2 Å². The van der Waals surface area contributed by atoms with Crippen molar-refractivity contribution >= 4 is 16.7 Å². The number of nitrogens with one attached hydrogen (secondary N) is 2. The van der Waals surface area contributed by atoms with Gasteiger partial charge in [-0.05, 0) is 34.8 Å². The van der Waals surface area contributed by atoms with Crippen LogP contribution in [0.4, 0.5) is 0 Å². The van der Waals surface area contributed by atoms with Gasteiger partial charge in [-0.3, -0.25) is 4.79 Å². The molecule has 0 fully saturated rings. The average Bonchev–Trinajstić information content (AvgIpc) is 2.61. The maximum atomic E-state index is 11.7. The minimum Gasteiger partial charge on any atom is -0.345 e. The van der Waals surface area contributed by atoms with Crippen LogP contribution < -0.4 is 10.6 Å². The maximum Gasteiger partial charge on any atom is 0.221 e. The zero-order valence-corrected chi connectivity index (χ0v) is 16.8. The Morgan fingerprint density at radius 2 is 1.89 bits per heavy atom. The Labute approximate surface area is 163 Å². The van der Waals surface area contributed by atoms with Crippen molar-refractivity contribution in [2.45, 2.75) is 40.2 Å². The summed E-state index contributed by atoms with van der Waals surface area (Å²) in [6, 6.07) is 15.1. The third kappa shape index (κ3) is 7.29. The van der Waals surface area contributed by atoms with Gasteiger partial charge in [0, 0.05) is 19.0 Å². The van der Waals surface area contributed by atoms with Gasteiger partial charge in [-0.25, -0.2) is 0 Å². The van der Waals surface area contributed by atoms with Crippen LogP contribution in [-0.2, 0) is 4.79 Å². The number of fused-ring (bicyclic) bond motifs is 1. The summed E-state index contributed by atoms with van der Waals surface area (Å²) in [5.41, 5.74) is 1.30. The number of carbonyl (C=O) groups is 1. The van der Waals surface area contributed by atoms with E-state index in [0.29, 0.717) is 13.0 Å². The van der Waals surface area contributed by atoms with Crippen LogP contribution in [0.5, 0.6) is 0 Å². The minimum absolute atomic E-state index is 0.00383. The number of benzene rings is 2. The van der Waals surface area contributed by atoms with E-state index in [0.717, 1.165) is 6.54 Å². The molecular formula is C24H30N2O. The Kier molecular flexibility index (Phi) is 7.64. The van der Waals surface area contributed by atoms with Crippen molar-refractivity contribution in [2.75, 3.05) is 13.1 Å². The fraction of sp³-hybridized carbons (Fsp3) is 0.375. The molecule has 0 aliphatic carbocycles. The monoisotopic (exact) mass is 362 g/mol. The molecule has 2 rings (SSSR count). The second kappa shape index (κ2) is 9.94. The lowest BCUT2D eigenvalue weighted by Gasteiger charge is -2.16. The molecule has 2 aromatic carbocycles. The van der Waals surface area contributed by atoms with Crippen LogP contribution >= 0.6 is 0 Å². The molecule has 0 spiro atoms. The Balaban J connectivity index is 1.75. The fourth-order valence-corrected chi connectivity index (χ4v) is 2.90. The smallest absolute Gasteiger partial charge is 0.221 e. The molecule has 0 radical (unpaired) electrons. The fourth-order valence-electron chi connectivity index (χ4n) is 2.90. The molecule has 3 nitrogen and oxygen atoms in total. The van der Waals surface area contributed by atoms with Crippen LogP contribution in [0.1, 0.15) is 45.7 Å². The minimum atomic E-state index is 0.00383. The first-order valence-electron chi connectivity index (χ1n) is 9.48. The molecule has 0 unspecified atom stereocenters. The van der Waals surface area contributed by atoms with Crippen LogP contribution in [0.3, 0.4) is 0 Å². The molecule has 0 bridgehead atoms. The first-order valence-corrected chi connectivity index (χ1v) is 9.48. The molecule has 0 saturated heterocycles. The number of hydrogen-bond acceptors (Lipinski definition) is 2. The van der Waals surface area contributed by atoms with Gasteiger partial charge in [-0.15, -0.1) is 0 Å². The number of rotatable bonds is 6. The molecule has 0 aromatic heterocycles. The topological polar surface area (TPSA) is 41.1 Å². The van der Waals surface area contributed by atoms with Gasteiger partial charge in [0.2, 0.25) is 5.91 Å². The Bertz CT molecular complexity index is 845. The SMILES string of the molecule is C[C@@H](NC/C=C/C#CCNC(=O)CC(C)(C)C)c1cccc2ccccc12. The first kappa shape index (κ1) is 20.7. The van der Waals surface area contributed by atoms with Gasteiger partial charge >= 0.3 is 0 Å². The van der Waals surface area contributed by atoms with E-state index in [1.54, 1.807) is 0 Å². The zero-order chi connectivity index (χ0) is 19.7. The molecule has 2 aromatic rings. The number of carbonyl (C=O) groups excluding carboxylic acids is 1. The highest BCUT2D eigenvalue weighted by atomic mass is 16.1. The summed E-state index contributed by atoms with van der Waals surface area (Å²) < 4.78 is 0. The first-order chi connectivity index (χ1) is 12.9. The van der Waals surface area contributed by atoms with Crippen molar-refractivity contribution in [1.82, 2.24) is 10.6 Å². The lowest BCUT2D eigenvalue weighted by atomic mass is 9.92. The number of amides is 1. The van der Waals surface area contributed by atoms with Gasteiger partial charge in [0.1, 0.15) is 0 Å². The standard InChI is InChI=1S/C24H30N2O/c1-19(21-15-11-13-20-12-7-8-14-22(20)21)25-16-9-5-6-10-17-26-23(27)18-24(2,3)4/h5,7-9,11-15,19,25H,16-18H2,1-4H3,(H,26,27)/b9-5+/t19-/m1/s1. The molecule has 0 aliphatic rings. The van der Waals surface area contributed by atoms with Gasteiger partial charge < -0.3 is 10.6 Å². The predicted molar refractivity (Wildman–Crippen MR) is 114 cm³/mol. The molecule has 3 heteroatoms. The van der Waals surface area contributed by atoms with Crippen LogP contribution in [-0.4, -0.2) is 19.0 Å². The lowest BCUT2D eigenvalue weighted by molar-refractivity contribution is -0.122. The van der Waals surface area contributed by atoms with E-state index in [1.807, 2.05) is 32.9 Å². The number of hydrogen-bond donors (Lipinski definition) is 2. The average molecular weight is 363 g/mol. The molecular weight excluding hydrogens is 332 g/mol. The van der Waals surface area contributed by atoms with Gasteiger partial charge in [0.15, 0.2) is 0 Å². The second-order valence-corrected chi connectivity index (χ2v) is 7.94. The van der Waals surface area contributed by atoms with E-state index in [-0.39, 0.29) is 17.4 Å². The summed E-state index contributed by atoms with van der Waals surface area (Å²) in [5.74, 6) is 5.96. The van der Waals surface area contributed by atoms with Crippen molar-refractivity contribution < 1.29 is 4.79 Å². The molecule has 0 heterocycles. The number of allylic oxidation sites excluding steroid dienone is 1. The predicted octanol–water partition coefficient (Wildman–Crippen LogP) is 4.60. The summed E-state index contributed by atoms with van der Waals surface area (Å²) in [6.45, 7) is 9.45. The van der Waals surface area contributed by atoms with Crippen molar-refractivity contribution in [3.05, 3.63) is 60.2 Å². The zero-order valence-electron chi connectivity index (χ0n) is 16.8. The molecule has 1 atom stereocenters. The van der Waals surface area contributed by atoms with Crippen LogP contribution in [0, 0.1) is 17.3 Å².